The summed E-state index contributed by atoms with van der Waals surface area (Å²) in [6, 6.07) is 8.63. The van der Waals surface area contributed by atoms with E-state index in [-0.39, 0.29) is 17.4 Å². The maximum Gasteiger partial charge on any atom is 0.229 e. The van der Waals surface area contributed by atoms with E-state index in [2.05, 4.69) is 0 Å². The average Bonchev–Trinajstić information content (AvgIpc) is 2.83. The Balaban J connectivity index is 1.50. The van der Waals surface area contributed by atoms with Crippen LogP contribution in [-0.4, -0.2) is 83.7 Å². The van der Waals surface area contributed by atoms with Crippen molar-refractivity contribution in [3.8, 4) is 28.7 Å². The SMILES string of the molecule is COc1ccc([C@H]2COc3cc(O[C@@H]4O[C@H](CO)[C@@H](O)[C@H](O)[C@H]4O)ccc3C2)c(O)c1OC. The summed E-state index contributed by atoms with van der Waals surface area (Å²) in [5.41, 5.74) is 1.57. The summed E-state index contributed by atoms with van der Waals surface area (Å²) in [4.78, 5) is 0. The molecule has 6 atom stereocenters. The molecular formula is C23H28O10. The molecule has 0 aromatic heterocycles. The van der Waals surface area contributed by atoms with Crippen molar-refractivity contribution in [3.63, 3.8) is 0 Å². The third kappa shape index (κ3) is 4.40. The Labute approximate surface area is 190 Å². The Morgan fingerprint density at radius 1 is 1.00 bits per heavy atom. The number of ether oxygens (including phenoxy) is 5. The van der Waals surface area contributed by atoms with Crippen LogP contribution >= 0.6 is 0 Å². The Hall–Kier alpha value is -2.76. The fraction of sp³-hybridized carbons (Fsp3) is 0.478. The van der Waals surface area contributed by atoms with E-state index in [1.165, 1.54) is 14.2 Å². The van der Waals surface area contributed by atoms with E-state index in [0.717, 1.165) is 5.56 Å². The molecular weight excluding hydrogens is 436 g/mol. The molecule has 10 nitrogen and oxygen atoms in total. The molecule has 0 bridgehead atoms. The van der Waals surface area contributed by atoms with Gasteiger partial charge in [-0.25, -0.2) is 0 Å². The molecule has 1 saturated heterocycles. The first-order valence-corrected chi connectivity index (χ1v) is 10.5. The summed E-state index contributed by atoms with van der Waals surface area (Å²) in [6.07, 6.45) is -6.22. The van der Waals surface area contributed by atoms with Gasteiger partial charge in [-0.15, -0.1) is 0 Å². The minimum atomic E-state index is -1.52. The number of benzene rings is 2. The maximum absolute atomic E-state index is 10.7. The lowest BCUT2D eigenvalue weighted by molar-refractivity contribution is -0.277. The zero-order valence-corrected chi connectivity index (χ0v) is 18.2. The van der Waals surface area contributed by atoms with Crippen molar-refractivity contribution < 1.29 is 49.2 Å². The number of phenols is 1. The molecule has 5 N–H and O–H groups in total. The van der Waals surface area contributed by atoms with Crippen LogP contribution in [0, 0.1) is 0 Å². The normalized spacial score (nSPS) is 29.0. The van der Waals surface area contributed by atoms with Crippen LogP contribution in [0.3, 0.4) is 0 Å². The van der Waals surface area contributed by atoms with Crippen molar-refractivity contribution in [2.45, 2.75) is 43.0 Å². The summed E-state index contributed by atoms with van der Waals surface area (Å²) in [7, 11) is 2.96. The van der Waals surface area contributed by atoms with E-state index in [1.807, 2.05) is 0 Å². The van der Waals surface area contributed by atoms with Crippen molar-refractivity contribution in [1.29, 1.82) is 0 Å². The van der Waals surface area contributed by atoms with Gasteiger partial charge in [0.05, 0.1) is 27.4 Å². The van der Waals surface area contributed by atoms with E-state index in [1.54, 1.807) is 30.3 Å². The molecule has 1 fully saturated rings. The number of rotatable bonds is 6. The van der Waals surface area contributed by atoms with Crippen LogP contribution in [0.1, 0.15) is 17.0 Å². The van der Waals surface area contributed by atoms with Crippen LogP contribution in [0.2, 0.25) is 0 Å². The standard InChI is InChI=1S/C23H28O10/c1-29-15-6-5-14(18(25)22(15)30-2)12-7-11-3-4-13(8-16(11)31-10-12)32-23-21(28)20(27)19(26)17(9-24)33-23/h3-6,8,12,17,19-21,23-28H,7,9-10H2,1-2H3/t12-,17-,19-,20+,21-,23-/m1/s1. The molecule has 2 aromatic carbocycles. The molecule has 0 spiro atoms. The van der Waals surface area contributed by atoms with Crippen molar-refractivity contribution >= 4 is 0 Å². The number of aliphatic hydroxyl groups is 4. The summed E-state index contributed by atoms with van der Waals surface area (Å²) in [5.74, 6) is 1.50. The number of hydrogen-bond acceptors (Lipinski definition) is 10. The van der Waals surface area contributed by atoms with Crippen LogP contribution < -0.4 is 18.9 Å². The Morgan fingerprint density at radius 3 is 2.48 bits per heavy atom. The summed E-state index contributed by atoms with van der Waals surface area (Å²) in [5, 5.41) is 50.0. The molecule has 2 aliphatic rings. The highest BCUT2D eigenvalue weighted by Gasteiger charge is 2.44. The van der Waals surface area contributed by atoms with Gasteiger partial charge in [-0.1, -0.05) is 12.1 Å². The molecule has 180 valence electrons. The van der Waals surface area contributed by atoms with Gasteiger partial charge in [-0.3, -0.25) is 0 Å². The van der Waals surface area contributed by atoms with Gasteiger partial charge in [-0.05, 0) is 24.1 Å². The third-order valence-electron chi connectivity index (χ3n) is 6.04. The van der Waals surface area contributed by atoms with Crippen molar-refractivity contribution in [3.05, 3.63) is 41.5 Å². The highest BCUT2D eigenvalue weighted by molar-refractivity contribution is 5.57. The van der Waals surface area contributed by atoms with Crippen LogP contribution in [0.4, 0.5) is 0 Å². The lowest BCUT2D eigenvalue weighted by Gasteiger charge is -2.39. The highest BCUT2D eigenvalue weighted by atomic mass is 16.7. The fourth-order valence-electron chi connectivity index (χ4n) is 4.18. The fourth-order valence-corrected chi connectivity index (χ4v) is 4.18. The topological polar surface area (TPSA) is 147 Å². The van der Waals surface area contributed by atoms with Gasteiger partial charge in [0.25, 0.3) is 0 Å². The van der Waals surface area contributed by atoms with Crippen molar-refractivity contribution in [1.82, 2.24) is 0 Å². The Morgan fingerprint density at radius 2 is 1.79 bits per heavy atom. The predicted molar refractivity (Wildman–Crippen MR) is 114 cm³/mol. The van der Waals surface area contributed by atoms with Crippen molar-refractivity contribution in [2.75, 3.05) is 27.4 Å². The maximum atomic E-state index is 10.7. The monoisotopic (exact) mass is 464 g/mol. The van der Waals surface area contributed by atoms with Gasteiger partial charge in [0.15, 0.2) is 11.5 Å². The molecule has 0 aliphatic carbocycles. The van der Waals surface area contributed by atoms with Gasteiger partial charge in [-0.2, -0.15) is 0 Å². The zero-order valence-electron chi connectivity index (χ0n) is 18.2. The Bertz CT molecular complexity index is 978. The van der Waals surface area contributed by atoms with E-state index in [0.29, 0.717) is 35.8 Å². The first-order chi connectivity index (χ1) is 15.9. The average molecular weight is 464 g/mol. The van der Waals surface area contributed by atoms with Crippen LogP contribution in [-0.2, 0) is 11.2 Å². The second-order valence-electron chi connectivity index (χ2n) is 8.04. The molecule has 33 heavy (non-hydrogen) atoms. The molecule has 2 aromatic rings. The van der Waals surface area contributed by atoms with Gasteiger partial charge >= 0.3 is 0 Å². The van der Waals surface area contributed by atoms with Gasteiger partial charge in [0.1, 0.15) is 35.9 Å². The first-order valence-electron chi connectivity index (χ1n) is 10.5. The van der Waals surface area contributed by atoms with Crippen LogP contribution in [0.25, 0.3) is 0 Å². The minimum Gasteiger partial charge on any atom is -0.504 e. The lowest BCUT2D eigenvalue weighted by Crippen LogP contribution is -2.60. The van der Waals surface area contributed by atoms with Crippen LogP contribution in [0.5, 0.6) is 28.7 Å². The van der Waals surface area contributed by atoms with Gasteiger partial charge in [0, 0.05) is 17.5 Å². The number of hydrogen-bond donors (Lipinski definition) is 5. The number of phenolic OH excluding ortho intramolecular Hbond substituents is 1. The molecule has 10 heteroatoms. The smallest absolute Gasteiger partial charge is 0.229 e. The number of methoxy groups -OCH3 is 2. The largest absolute Gasteiger partial charge is 0.504 e. The lowest BCUT2D eigenvalue weighted by atomic mass is 9.89. The molecule has 0 amide bonds. The molecule has 0 unspecified atom stereocenters. The van der Waals surface area contributed by atoms with Crippen LogP contribution in [0.15, 0.2) is 30.3 Å². The van der Waals surface area contributed by atoms with E-state index < -0.39 is 37.3 Å². The molecule has 4 rings (SSSR count). The highest BCUT2D eigenvalue weighted by Crippen LogP contribution is 2.44. The second-order valence-corrected chi connectivity index (χ2v) is 8.04. The van der Waals surface area contributed by atoms with Gasteiger partial charge < -0.3 is 49.2 Å². The number of fused-ring (bicyclic) bond motifs is 1. The molecule has 2 heterocycles. The van der Waals surface area contributed by atoms with Crippen molar-refractivity contribution in [2.24, 2.45) is 0 Å². The molecule has 0 radical (unpaired) electrons. The van der Waals surface area contributed by atoms with Gasteiger partial charge in [0.2, 0.25) is 12.0 Å². The quantitative estimate of drug-likeness (QED) is 0.405. The van der Waals surface area contributed by atoms with E-state index in [4.69, 9.17) is 23.7 Å². The Kier molecular flexibility index (Phi) is 6.82. The molecule has 2 aliphatic heterocycles. The second kappa shape index (κ2) is 9.62. The third-order valence-corrected chi connectivity index (χ3v) is 6.04. The molecule has 0 saturated carbocycles. The summed E-state index contributed by atoms with van der Waals surface area (Å²) in [6.45, 7) is -0.234. The zero-order chi connectivity index (χ0) is 23.7. The number of aliphatic hydroxyl groups excluding tert-OH is 4. The predicted octanol–water partition coefficient (Wildman–Crippen LogP) is 0.307. The van der Waals surface area contributed by atoms with E-state index in [9.17, 15) is 25.5 Å². The number of aromatic hydroxyl groups is 1. The minimum absolute atomic E-state index is 0.0106. The summed E-state index contributed by atoms with van der Waals surface area (Å²) < 4.78 is 27.5. The summed E-state index contributed by atoms with van der Waals surface area (Å²) >= 11 is 0. The first kappa shape index (κ1) is 23.4. The van der Waals surface area contributed by atoms with E-state index >= 15 is 0 Å².